The number of allylic oxidation sites excluding steroid dienone is 3. The first-order valence-electron chi connectivity index (χ1n) is 11.5. The van der Waals surface area contributed by atoms with Crippen molar-refractivity contribution in [3.63, 3.8) is 0 Å². The molecular formula is C27H26ClN3O3S. The van der Waals surface area contributed by atoms with E-state index in [9.17, 15) is 14.9 Å². The number of thioether (sulfide) groups is 1. The molecule has 180 valence electrons. The van der Waals surface area contributed by atoms with E-state index in [-0.39, 0.29) is 17.4 Å². The first kappa shape index (κ1) is 24.9. The number of nitrogens with zero attached hydrogens (tertiary/aromatic N) is 1. The van der Waals surface area contributed by atoms with Gasteiger partial charge in [-0.2, -0.15) is 5.26 Å². The summed E-state index contributed by atoms with van der Waals surface area (Å²) in [4.78, 5) is 25.7. The van der Waals surface area contributed by atoms with Gasteiger partial charge in [-0.1, -0.05) is 41.6 Å². The predicted octanol–water partition coefficient (Wildman–Crippen LogP) is 5.85. The van der Waals surface area contributed by atoms with E-state index < -0.39 is 5.92 Å². The Balaban J connectivity index is 1.61. The molecular weight excluding hydrogens is 482 g/mol. The molecule has 1 atom stereocenters. The second-order valence-electron chi connectivity index (χ2n) is 8.33. The highest BCUT2D eigenvalue weighted by Crippen LogP contribution is 2.44. The lowest BCUT2D eigenvalue weighted by Crippen LogP contribution is -2.31. The summed E-state index contributed by atoms with van der Waals surface area (Å²) in [6.07, 6.45) is 1.96. The summed E-state index contributed by atoms with van der Waals surface area (Å²) in [5.41, 5.74) is 4.25. The minimum absolute atomic E-state index is 0.0589. The quantitative estimate of drug-likeness (QED) is 0.488. The van der Waals surface area contributed by atoms with Gasteiger partial charge in [0.05, 0.1) is 34.9 Å². The third kappa shape index (κ3) is 5.39. The van der Waals surface area contributed by atoms with Crippen LogP contribution in [0.3, 0.4) is 0 Å². The number of halogens is 1. The second-order valence-corrected chi connectivity index (χ2v) is 9.73. The summed E-state index contributed by atoms with van der Waals surface area (Å²) in [6.45, 7) is 4.32. The average Bonchev–Trinajstić information content (AvgIpc) is 2.85. The Kier molecular flexibility index (Phi) is 7.84. The van der Waals surface area contributed by atoms with Crippen LogP contribution in [0.25, 0.3) is 0 Å². The number of Topliss-reactive ketones (excluding diaryl/α,β-unsaturated/α-hetero) is 1. The van der Waals surface area contributed by atoms with Crippen LogP contribution in [0.5, 0.6) is 5.75 Å². The Labute approximate surface area is 214 Å². The van der Waals surface area contributed by atoms with Crippen molar-refractivity contribution in [2.45, 2.75) is 39.0 Å². The Hall–Kier alpha value is -3.21. The molecule has 35 heavy (non-hydrogen) atoms. The molecule has 1 aliphatic carbocycles. The number of amides is 1. The number of ketones is 1. The van der Waals surface area contributed by atoms with E-state index in [1.807, 2.05) is 38.1 Å². The van der Waals surface area contributed by atoms with Crippen molar-refractivity contribution in [2.24, 2.45) is 0 Å². The Morgan fingerprint density at radius 3 is 2.74 bits per heavy atom. The number of ether oxygens (including phenoxy) is 1. The maximum Gasteiger partial charge on any atom is 0.234 e. The molecule has 1 heterocycles. The molecule has 0 aromatic heterocycles. The zero-order chi connectivity index (χ0) is 24.9. The Morgan fingerprint density at radius 1 is 1.26 bits per heavy atom. The normalized spacial score (nSPS) is 17.4. The second kappa shape index (κ2) is 11.0. The van der Waals surface area contributed by atoms with Gasteiger partial charge < -0.3 is 15.4 Å². The lowest BCUT2D eigenvalue weighted by atomic mass is 9.77. The standard InChI is InChI=1S/C27H26ClN3O3S/c1-3-34-18-12-10-17(11-13-18)25-19(14-29)27(31-22-8-5-9-23(32)26(22)25)35-15-24(33)30-21-7-4-6-20(28)16(21)2/h4,6-7,10-13,25,31H,3,5,8-9,15H2,1-2H3,(H,30,33)/t25-/m1/s1. The zero-order valence-corrected chi connectivity index (χ0v) is 21.2. The van der Waals surface area contributed by atoms with Gasteiger partial charge >= 0.3 is 0 Å². The SMILES string of the molecule is CCOc1ccc([C@@H]2C(C#N)=C(SCC(=O)Nc3cccc(Cl)c3C)NC3=C2C(=O)CCC3)cc1. The van der Waals surface area contributed by atoms with Crippen LogP contribution >= 0.6 is 23.4 Å². The number of rotatable bonds is 7. The molecule has 0 saturated heterocycles. The van der Waals surface area contributed by atoms with E-state index in [2.05, 4.69) is 16.7 Å². The van der Waals surface area contributed by atoms with Crippen molar-refractivity contribution in [3.05, 3.63) is 80.5 Å². The van der Waals surface area contributed by atoms with Crippen molar-refractivity contribution in [1.82, 2.24) is 5.32 Å². The summed E-state index contributed by atoms with van der Waals surface area (Å²) >= 11 is 7.43. The summed E-state index contributed by atoms with van der Waals surface area (Å²) in [5, 5.41) is 17.5. The molecule has 4 rings (SSSR count). The summed E-state index contributed by atoms with van der Waals surface area (Å²) in [5.74, 6) is 0.221. The fourth-order valence-electron chi connectivity index (χ4n) is 4.36. The molecule has 2 aromatic carbocycles. The summed E-state index contributed by atoms with van der Waals surface area (Å²) < 4.78 is 5.55. The number of carbonyl (C=O) groups excluding carboxylic acids is 2. The zero-order valence-electron chi connectivity index (χ0n) is 19.6. The molecule has 6 nitrogen and oxygen atoms in total. The average molecular weight is 508 g/mol. The van der Waals surface area contributed by atoms with E-state index in [1.165, 1.54) is 11.8 Å². The van der Waals surface area contributed by atoms with Crippen molar-refractivity contribution in [3.8, 4) is 11.8 Å². The maximum absolute atomic E-state index is 12.9. The molecule has 0 radical (unpaired) electrons. The molecule has 0 spiro atoms. The van der Waals surface area contributed by atoms with E-state index in [0.717, 1.165) is 35.4 Å². The third-order valence-electron chi connectivity index (χ3n) is 6.08. The fourth-order valence-corrected chi connectivity index (χ4v) is 5.40. The lowest BCUT2D eigenvalue weighted by molar-refractivity contribution is -0.116. The van der Waals surface area contributed by atoms with Gasteiger partial charge in [0.1, 0.15) is 5.75 Å². The minimum atomic E-state index is -0.472. The van der Waals surface area contributed by atoms with Gasteiger partial charge in [-0.05, 0) is 62.1 Å². The van der Waals surface area contributed by atoms with Crippen molar-refractivity contribution >= 4 is 40.7 Å². The number of nitriles is 1. The molecule has 1 aliphatic heterocycles. The molecule has 8 heteroatoms. The number of nitrogens with one attached hydrogen (secondary N) is 2. The minimum Gasteiger partial charge on any atom is -0.494 e. The van der Waals surface area contributed by atoms with Gasteiger partial charge in [-0.15, -0.1) is 0 Å². The lowest BCUT2D eigenvalue weighted by Gasteiger charge is -2.33. The Bertz CT molecular complexity index is 1260. The molecule has 2 N–H and O–H groups in total. The number of hydrogen-bond acceptors (Lipinski definition) is 6. The van der Waals surface area contributed by atoms with Crippen LogP contribution in [0, 0.1) is 18.3 Å². The molecule has 1 amide bonds. The van der Waals surface area contributed by atoms with E-state index >= 15 is 0 Å². The van der Waals surface area contributed by atoms with Crippen molar-refractivity contribution in [2.75, 3.05) is 17.7 Å². The maximum atomic E-state index is 12.9. The number of anilines is 1. The van der Waals surface area contributed by atoms with Gasteiger partial charge in [0.25, 0.3) is 0 Å². The van der Waals surface area contributed by atoms with Crippen molar-refractivity contribution in [1.29, 1.82) is 5.26 Å². The summed E-state index contributed by atoms with van der Waals surface area (Å²) in [7, 11) is 0. The van der Waals surface area contributed by atoms with Crippen LogP contribution in [0.15, 0.2) is 64.3 Å². The van der Waals surface area contributed by atoms with Gasteiger partial charge in [-0.3, -0.25) is 9.59 Å². The number of dihydropyridines is 1. The van der Waals surface area contributed by atoms with Gasteiger partial charge in [0, 0.05) is 28.4 Å². The smallest absolute Gasteiger partial charge is 0.234 e. The molecule has 0 fully saturated rings. The molecule has 0 saturated carbocycles. The molecule has 0 unspecified atom stereocenters. The number of hydrogen-bond donors (Lipinski definition) is 2. The third-order valence-corrected chi connectivity index (χ3v) is 7.50. The Morgan fingerprint density at radius 2 is 2.03 bits per heavy atom. The highest BCUT2D eigenvalue weighted by atomic mass is 35.5. The van der Waals surface area contributed by atoms with Crippen LogP contribution in [0.4, 0.5) is 5.69 Å². The van der Waals surface area contributed by atoms with Gasteiger partial charge in [0.2, 0.25) is 5.91 Å². The largest absolute Gasteiger partial charge is 0.494 e. The van der Waals surface area contributed by atoms with Crippen molar-refractivity contribution < 1.29 is 14.3 Å². The first-order chi connectivity index (χ1) is 16.9. The molecule has 0 bridgehead atoms. The van der Waals surface area contributed by atoms with Crippen LogP contribution in [0.1, 0.15) is 43.2 Å². The van der Waals surface area contributed by atoms with Crippen LogP contribution in [0.2, 0.25) is 5.02 Å². The topological polar surface area (TPSA) is 91.2 Å². The first-order valence-corrected chi connectivity index (χ1v) is 12.9. The molecule has 2 aromatic rings. The molecule has 2 aliphatic rings. The predicted molar refractivity (Wildman–Crippen MR) is 139 cm³/mol. The van der Waals surface area contributed by atoms with E-state index in [1.54, 1.807) is 18.2 Å². The van der Waals surface area contributed by atoms with Gasteiger partial charge in [-0.25, -0.2) is 0 Å². The van der Waals surface area contributed by atoms with E-state index in [4.69, 9.17) is 16.3 Å². The summed E-state index contributed by atoms with van der Waals surface area (Å²) in [6, 6.07) is 15.2. The fraction of sp³-hybridized carbons (Fsp3) is 0.296. The number of carbonyl (C=O) groups is 2. The number of benzene rings is 2. The van der Waals surface area contributed by atoms with Crippen LogP contribution in [-0.2, 0) is 9.59 Å². The highest BCUT2D eigenvalue weighted by molar-refractivity contribution is 8.03. The monoisotopic (exact) mass is 507 g/mol. The van der Waals surface area contributed by atoms with Crippen LogP contribution in [-0.4, -0.2) is 24.1 Å². The highest BCUT2D eigenvalue weighted by Gasteiger charge is 2.37. The van der Waals surface area contributed by atoms with Crippen LogP contribution < -0.4 is 15.4 Å². The van der Waals surface area contributed by atoms with E-state index in [0.29, 0.717) is 39.9 Å². The van der Waals surface area contributed by atoms with Gasteiger partial charge in [0.15, 0.2) is 5.78 Å².